The third-order valence-electron chi connectivity index (χ3n) is 3.64. The van der Waals surface area contributed by atoms with Crippen molar-refractivity contribution in [3.05, 3.63) is 65.2 Å². The summed E-state index contributed by atoms with van der Waals surface area (Å²) in [6.07, 6.45) is 3.10. The Bertz CT molecular complexity index is 599. The summed E-state index contributed by atoms with van der Waals surface area (Å²) in [4.78, 5) is 11.5. The van der Waals surface area contributed by atoms with E-state index in [0.717, 1.165) is 25.7 Å². The van der Waals surface area contributed by atoms with E-state index in [1.807, 2.05) is 12.1 Å². The van der Waals surface area contributed by atoms with Gasteiger partial charge in [-0.3, -0.25) is 0 Å². The number of carbonyl (C=O) groups is 1. The molecule has 0 unspecified atom stereocenters. The lowest BCUT2D eigenvalue weighted by atomic mass is 10.0. The minimum absolute atomic E-state index is 0.398. The fourth-order valence-electron chi connectivity index (χ4n) is 2.45. The predicted octanol–water partition coefficient (Wildman–Crippen LogP) is 4.13. The summed E-state index contributed by atoms with van der Waals surface area (Å²) in [6, 6.07) is 16.3. The first kappa shape index (κ1) is 13.7. The fraction of sp³-hybridized carbons (Fsp3) is 0.278. The maximum atomic E-state index is 11.5. The van der Waals surface area contributed by atoms with Crippen LogP contribution < -0.4 is 4.74 Å². The molecule has 3 heteroatoms. The van der Waals surface area contributed by atoms with Crippen LogP contribution in [0.5, 0.6) is 5.75 Å². The van der Waals surface area contributed by atoms with Gasteiger partial charge in [0.2, 0.25) is 0 Å². The normalized spacial score (nSPS) is 15.5. The molecule has 0 saturated heterocycles. The van der Waals surface area contributed by atoms with Gasteiger partial charge in [0.25, 0.3) is 0 Å². The van der Waals surface area contributed by atoms with Gasteiger partial charge in [-0.15, -0.1) is 0 Å². The van der Waals surface area contributed by atoms with Gasteiger partial charge in [0, 0.05) is 0 Å². The number of hydrogen-bond acceptors (Lipinski definition) is 3. The van der Waals surface area contributed by atoms with Gasteiger partial charge in [0.05, 0.1) is 6.61 Å². The zero-order valence-corrected chi connectivity index (χ0v) is 11.9. The molecule has 0 aromatic heterocycles. The molecule has 2 aromatic carbocycles. The highest BCUT2D eigenvalue weighted by atomic mass is 16.7. The van der Waals surface area contributed by atoms with Gasteiger partial charge in [-0.25, -0.2) is 4.79 Å². The Morgan fingerprint density at radius 3 is 2.10 bits per heavy atom. The lowest BCUT2D eigenvalue weighted by Crippen LogP contribution is -2.11. The highest BCUT2D eigenvalue weighted by molar-refractivity contribution is 5.63. The van der Waals surface area contributed by atoms with Crippen LogP contribution in [0, 0.1) is 0 Å². The number of hydrogen-bond donors (Lipinski definition) is 0. The monoisotopic (exact) mass is 282 g/mol. The molecular weight excluding hydrogens is 264 g/mol. The molecule has 4 bridgehead atoms. The molecule has 2 aromatic rings. The molecule has 3 nitrogen and oxygen atoms in total. The summed E-state index contributed by atoms with van der Waals surface area (Å²) in [5.74, 6) is 0.520. The van der Waals surface area contributed by atoms with E-state index >= 15 is 0 Å². The second-order valence-corrected chi connectivity index (χ2v) is 5.29. The first-order chi connectivity index (χ1) is 10.3. The molecule has 0 aliphatic carbocycles. The van der Waals surface area contributed by atoms with Crippen LogP contribution >= 0.6 is 0 Å². The maximum Gasteiger partial charge on any atom is 0.513 e. The summed E-state index contributed by atoms with van der Waals surface area (Å²) >= 11 is 0. The van der Waals surface area contributed by atoms with Crippen molar-refractivity contribution >= 4 is 6.16 Å². The van der Waals surface area contributed by atoms with Crippen molar-refractivity contribution in [2.45, 2.75) is 25.7 Å². The van der Waals surface area contributed by atoms with Crippen LogP contribution in [0.1, 0.15) is 29.5 Å². The van der Waals surface area contributed by atoms with Crippen molar-refractivity contribution in [2.24, 2.45) is 0 Å². The number of fused-ring (bicyclic) bond motifs is 2. The van der Waals surface area contributed by atoms with Crippen LogP contribution in [-0.4, -0.2) is 12.8 Å². The Balaban J connectivity index is 1.82. The minimum Gasteiger partial charge on any atom is -0.434 e. The summed E-state index contributed by atoms with van der Waals surface area (Å²) in [6.45, 7) is 0.398. The van der Waals surface area contributed by atoms with Crippen LogP contribution in [0.2, 0.25) is 0 Å². The zero-order valence-electron chi connectivity index (χ0n) is 11.9. The topological polar surface area (TPSA) is 35.5 Å². The fourth-order valence-corrected chi connectivity index (χ4v) is 2.45. The van der Waals surface area contributed by atoms with E-state index in [2.05, 4.69) is 24.3 Å². The Labute approximate surface area is 124 Å². The highest BCUT2D eigenvalue weighted by Crippen LogP contribution is 2.17. The molecule has 3 aliphatic rings. The number of rotatable bonds is 0. The Hall–Kier alpha value is -2.29. The van der Waals surface area contributed by atoms with Crippen LogP contribution in [-0.2, 0) is 17.6 Å². The lowest BCUT2D eigenvalue weighted by molar-refractivity contribution is 0.0975. The third kappa shape index (κ3) is 3.85. The number of ether oxygens (including phenoxy) is 2. The van der Waals surface area contributed by atoms with Gasteiger partial charge in [-0.2, -0.15) is 0 Å². The quantitative estimate of drug-likeness (QED) is 0.538. The SMILES string of the molecule is O=C1OCCCCc2ccc(cc2)Cc2ccc(cc2)O1. The number of aryl methyl sites for hydroxylation is 1. The third-order valence-corrected chi connectivity index (χ3v) is 3.64. The zero-order chi connectivity index (χ0) is 14.5. The summed E-state index contributed by atoms with van der Waals surface area (Å²) < 4.78 is 10.2. The second-order valence-electron chi connectivity index (χ2n) is 5.29. The van der Waals surface area contributed by atoms with E-state index < -0.39 is 6.16 Å². The van der Waals surface area contributed by atoms with Crippen molar-refractivity contribution < 1.29 is 14.3 Å². The Morgan fingerprint density at radius 2 is 1.38 bits per heavy atom. The number of carbonyl (C=O) groups excluding carboxylic acids is 1. The van der Waals surface area contributed by atoms with Gasteiger partial charge in [0.1, 0.15) is 5.75 Å². The van der Waals surface area contributed by atoms with Crippen molar-refractivity contribution in [1.82, 2.24) is 0 Å². The average molecular weight is 282 g/mol. The molecule has 0 N–H and O–H groups in total. The summed E-state index contributed by atoms with van der Waals surface area (Å²) in [5, 5.41) is 0. The molecule has 0 amide bonds. The largest absolute Gasteiger partial charge is 0.513 e. The van der Waals surface area contributed by atoms with Crippen LogP contribution in [0.4, 0.5) is 4.79 Å². The molecule has 5 rings (SSSR count). The Kier molecular flexibility index (Phi) is 4.20. The van der Waals surface area contributed by atoms with E-state index in [9.17, 15) is 4.79 Å². The van der Waals surface area contributed by atoms with E-state index in [1.54, 1.807) is 12.1 Å². The lowest BCUT2D eigenvalue weighted by Gasteiger charge is -2.09. The molecule has 108 valence electrons. The smallest absolute Gasteiger partial charge is 0.434 e. The van der Waals surface area contributed by atoms with Gasteiger partial charge < -0.3 is 9.47 Å². The minimum atomic E-state index is -0.627. The molecule has 0 spiro atoms. The second kappa shape index (κ2) is 6.44. The van der Waals surface area contributed by atoms with E-state index in [-0.39, 0.29) is 0 Å². The van der Waals surface area contributed by atoms with Crippen molar-refractivity contribution in [3.8, 4) is 5.75 Å². The summed E-state index contributed by atoms with van der Waals surface area (Å²) in [7, 11) is 0. The van der Waals surface area contributed by atoms with Gasteiger partial charge in [-0.1, -0.05) is 36.4 Å². The average Bonchev–Trinajstić information content (AvgIpc) is 2.49. The van der Waals surface area contributed by atoms with Crippen molar-refractivity contribution in [3.63, 3.8) is 0 Å². The van der Waals surface area contributed by atoms with Gasteiger partial charge >= 0.3 is 6.16 Å². The predicted molar refractivity (Wildman–Crippen MR) is 80.6 cm³/mol. The Morgan fingerprint density at radius 1 is 0.762 bits per heavy atom. The van der Waals surface area contributed by atoms with Crippen molar-refractivity contribution in [2.75, 3.05) is 6.61 Å². The van der Waals surface area contributed by atoms with Crippen LogP contribution in [0.25, 0.3) is 0 Å². The first-order valence-corrected chi connectivity index (χ1v) is 7.31. The van der Waals surface area contributed by atoms with Crippen molar-refractivity contribution in [1.29, 1.82) is 0 Å². The molecule has 3 heterocycles. The summed E-state index contributed by atoms with van der Waals surface area (Å²) in [5.41, 5.74) is 3.80. The molecule has 0 saturated carbocycles. The van der Waals surface area contributed by atoms with E-state index in [1.165, 1.54) is 16.7 Å². The molecule has 0 atom stereocenters. The molecule has 0 radical (unpaired) electrons. The van der Waals surface area contributed by atoms with Crippen LogP contribution in [0.15, 0.2) is 48.5 Å². The van der Waals surface area contributed by atoms with E-state index in [4.69, 9.17) is 9.47 Å². The molecular formula is C18H18O3. The maximum absolute atomic E-state index is 11.5. The first-order valence-electron chi connectivity index (χ1n) is 7.31. The van der Waals surface area contributed by atoms with Gasteiger partial charge in [0.15, 0.2) is 0 Å². The standard InChI is InChI=1S/C18H18O3/c19-18-20-12-2-1-3-14-4-6-15(7-5-14)13-16-8-10-17(21-18)11-9-16/h4-11H,1-3,12-13H2. The highest BCUT2D eigenvalue weighted by Gasteiger charge is 2.07. The molecule has 3 aliphatic heterocycles. The van der Waals surface area contributed by atoms with Crippen LogP contribution in [0.3, 0.4) is 0 Å². The molecule has 21 heavy (non-hydrogen) atoms. The van der Waals surface area contributed by atoms with E-state index in [0.29, 0.717) is 12.4 Å². The van der Waals surface area contributed by atoms with Gasteiger partial charge in [-0.05, 0) is 54.5 Å². The number of benzene rings is 2. The molecule has 0 fully saturated rings.